The van der Waals surface area contributed by atoms with Gasteiger partial charge in [0.05, 0.1) is 10.9 Å². The van der Waals surface area contributed by atoms with Gasteiger partial charge in [0.1, 0.15) is 5.78 Å². The van der Waals surface area contributed by atoms with Crippen LogP contribution in [-0.2, 0) is 4.79 Å². The Morgan fingerprint density at radius 2 is 1.96 bits per heavy atom. The number of carbonyl (C=O) groups is 1. The van der Waals surface area contributed by atoms with Crippen LogP contribution in [0, 0.1) is 0 Å². The molecule has 1 atom stereocenters. The number of hydrogen-bond acceptors (Lipinski definition) is 5. The second kappa shape index (κ2) is 7.38. The minimum absolute atomic E-state index is 0.0117. The summed E-state index contributed by atoms with van der Waals surface area (Å²) >= 11 is 7.76. The Morgan fingerprint density at radius 3 is 2.72 bits per heavy atom. The molecule has 1 aromatic carbocycles. The SMILES string of the molecule is O=C1CCCC[C@@H]1Sc1nnc(N2CCCC2)n1-c1cccc(Cl)c1. The van der Waals surface area contributed by atoms with Gasteiger partial charge in [-0.3, -0.25) is 9.36 Å². The highest BCUT2D eigenvalue weighted by atomic mass is 35.5. The number of Topliss-reactive ketones (excluding diaryl/α,β-unsaturated/α-hetero) is 1. The summed E-state index contributed by atoms with van der Waals surface area (Å²) in [5.41, 5.74) is 0.949. The summed E-state index contributed by atoms with van der Waals surface area (Å²) in [7, 11) is 0. The highest BCUT2D eigenvalue weighted by molar-refractivity contribution is 8.00. The number of nitrogens with zero attached hydrogens (tertiary/aromatic N) is 4. The van der Waals surface area contributed by atoms with Gasteiger partial charge in [0.25, 0.3) is 0 Å². The molecular formula is C18H21ClN4OS. The average molecular weight is 377 g/mol. The van der Waals surface area contributed by atoms with Gasteiger partial charge in [-0.1, -0.05) is 35.9 Å². The minimum Gasteiger partial charge on any atom is -0.341 e. The Labute approximate surface area is 156 Å². The van der Waals surface area contributed by atoms with E-state index >= 15 is 0 Å². The molecule has 1 aliphatic carbocycles. The molecule has 25 heavy (non-hydrogen) atoms. The van der Waals surface area contributed by atoms with Gasteiger partial charge in [-0.15, -0.1) is 10.2 Å². The van der Waals surface area contributed by atoms with Crippen LogP contribution in [0.1, 0.15) is 38.5 Å². The van der Waals surface area contributed by atoms with Crippen molar-refractivity contribution in [3.63, 3.8) is 0 Å². The number of ketones is 1. The van der Waals surface area contributed by atoms with E-state index in [-0.39, 0.29) is 5.25 Å². The quantitative estimate of drug-likeness (QED) is 0.803. The molecule has 0 unspecified atom stereocenters. The van der Waals surface area contributed by atoms with Crippen molar-refractivity contribution in [2.45, 2.75) is 48.9 Å². The molecule has 0 radical (unpaired) electrons. The van der Waals surface area contributed by atoms with E-state index in [0.717, 1.165) is 49.1 Å². The van der Waals surface area contributed by atoms with Crippen molar-refractivity contribution in [1.82, 2.24) is 14.8 Å². The number of thioether (sulfide) groups is 1. The second-order valence-electron chi connectivity index (χ2n) is 6.61. The number of hydrogen-bond donors (Lipinski definition) is 0. The molecule has 0 amide bonds. The van der Waals surface area contributed by atoms with Crippen LogP contribution < -0.4 is 4.90 Å². The van der Waals surface area contributed by atoms with Gasteiger partial charge in [-0.2, -0.15) is 0 Å². The van der Waals surface area contributed by atoms with Crippen LogP contribution in [0.15, 0.2) is 29.4 Å². The number of rotatable bonds is 4. The first-order valence-corrected chi connectivity index (χ1v) is 10.1. The van der Waals surface area contributed by atoms with Crippen molar-refractivity contribution in [3.05, 3.63) is 29.3 Å². The van der Waals surface area contributed by atoms with Crippen LogP contribution in [0.5, 0.6) is 0 Å². The molecule has 5 nitrogen and oxygen atoms in total. The van der Waals surface area contributed by atoms with Crippen molar-refractivity contribution in [2.75, 3.05) is 18.0 Å². The second-order valence-corrected chi connectivity index (χ2v) is 8.22. The van der Waals surface area contributed by atoms with Crippen LogP contribution in [0.25, 0.3) is 5.69 Å². The molecule has 1 aromatic heterocycles. The molecule has 2 aliphatic rings. The Bertz CT molecular complexity index is 772. The number of carbonyl (C=O) groups excluding carboxylic acids is 1. The molecule has 0 bridgehead atoms. The normalized spacial score (nSPS) is 21.1. The zero-order valence-corrected chi connectivity index (χ0v) is 15.6. The molecule has 2 aromatic rings. The summed E-state index contributed by atoms with van der Waals surface area (Å²) in [6.45, 7) is 1.98. The average Bonchev–Trinajstić information content (AvgIpc) is 3.26. The van der Waals surface area contributed by atoms with Crippen molar-refractivity contribution in [2.24, 2.45) is 0 Å². The van der Waals surface area contributed by atoms with E-state index in [1.165, 1.54) is 12.8 Å². The molecule has 132 valence electrons. The monoisotopic (exact) mass is 376 g/mol. The highest BCUT2D eigenvalue weighted by Gasteiger charge is 2.28. The van der Waals surface area contributed by atoms with Gasteiger partial charge >= 0.3 is 0 Å². The number of benzene rings is 1. The van der Waals surface area contributed by atoms with E-state index < -0.39 is 0 Å². The first kappa shape index (κ1) is 16.9. The third-order valence-electron chi connectivity index (χ3n) is 4.82. The van der Waals surface area contributed by atoms with Crippen LogP contribution in [0.3, 0.4) is 0 Å². The van der Waals surface area contributed by atoms with Gasteiger partial charge in [-0.05, 0) is 43.9 Å². The first-order valence-electron chi connectivity index (χ1n) is 8.88. The van der Waals surface area contributed by atoms with E-state index in [0.29, 0.717) is 17.2 Å². The molecule has 2 heterocycles. The van der Waals surface area contributed by atoms with Crippen molar-refractivity contribution in [3.8, 4) is 5.69 Å². The van der Waals surface area contributed by atoms with E-state index in [9.17, 15) is 4.79 Å². The Balaban J connectivity index is 1.72. The fourth-order valence-corrected chi connectivity index (χ4v) is 4.86. The zero-order valence-electron chi connectivity index (χ0n) is 14.0. The van der Waals surface area contributed by atoms with E-state index in [1.54, 1.807) is 11.8 Å². The van der Waals surface area contributed by atoms with Crippen LogP contribution in [-0.4, -0.2) is 38.9 Å². The van der Waals surface area contributed by atoms with E-state index in [4.69, 9.17) is 11.6 Å². The highest BCUT2D eigenvalue weighted by Crippen LogP contribution is 2.35. The molecule has 7 heteroatoms. The molecule has 4 rings (SSSR count). The zero-order chi connectivity index (χ0) is 17.2. The predicted molar refractivity (Wildman–Crippen MR) is 101 cm³/mol. The Hall–Kier alpha value is -1.53. The van der Waals surface area contributed by atoms with Crippen molar-refractivity contribution in [1.29, 1.82) is 0 Å². The topological polar surface area (TPSA) is 51.0 Å². The smallest absolute Gasteiger partial charge is 0.232 e. The summed E-state index contributed by atoms with van der Waals surface area (Å²) in [5.74, 6) is 1.19. The lowest BCUT2D eigenvalue weighted by Gasteiger charge is -2.21. The molecule has 1 saturated carbocycles. The molecule has 1 aliphatic heterocycles. The number of aromatic nitrogens is 3. The Kier molecular flexibility index (Phi) is 4.99. The molecule has 0 spiro atoms. The summed E-state index contributed by atoms with van der Waals surface area (Å²) < 4.78 is 2.06. The maximum atomic E-state index is 12.3. The van der Waals surface area contributed by atoms with Crippen LogP contribution in [0.2, 0.25) is 5.02 Å². The van der Waals surface area contributed by atoms with Gasteiger partial charge in [0, 0.05) is 24.5 Å². The summed E-state index contributed by atoms with van der Waals surface area (Å²) in [4.78, 5) is 14.5. The third-order valence-corrected chi connectivity index (χ3v) is 6.31. The van der Waals surface area contributed by atoms with Crippen molar-refractivity contribution < 1.29 is 4.79 Å². The lowest BCUT2D eigenvalue weighted by Crippen LogP contribution is -2.23. The standard InChI is InChI=1S/C18H21ClN4OS/c19-13-6-5-7-14(12-13)23-17(22-10-3-4-11-22)20-21-18(23)25-16-9-2-1-8-15(16)24/h5-7,12,16H,1-4,8-11H2/t16-/m0/s1. The molecule has 1 saturated heterocycles. The number of anilines is 1. The van der Waals surface area contributed by atoms with Crippen LogP contribution in [0.4, 0.5) is 5.95 Å². The molecular weight excluding hydrogens is 356 g/mol. The largest absolute Gasteiger partial charge is 0.341 e. The predicted octanol–water partition coefficient (Wildman–Crippen LogP) is 4.12. The lowest BCUT2D eigenvalue weighted by molar-refractivity contribution is -0.119. The Morgan fingerprint density at radius 1 is 1.12 bits per heavy atom. The van der Waals surface area contributed by atoms with Crippen molar-refractivity contribution >= 4 is 35.1 Å². The lowest BCUT2D eigenvalue weighted by atomic mass is 9.99. The number of halogens is 1. The van der Waals surface area contributed by atoms with E-state index in [2.05, 4.69) is 19.7 Å². The summed E-state index contributed by atoms with van der Waals surface area (Å²) in [5, 5.41) is 10.3. The van der Waals surface area contributed by atoms with E-state index in [1.807, 2.05) is 24.3 Å². The minimum atomic E-state index is -0.0117. The summed E-state index contributed by atoms with van der Waals surface area (Å²) in [6.07, 6.45) is 6.06. The van der Waals surface area contributed by atoms with Gasteiger partial charge in [0.15, 0.2) is 5.16 Å². The van der Waals surface area contributed by atoms with Crippen LogP contribution >= 0.6 is 23.4 Å². The maximum Gasteiger partial charge on any atom is 0.232 e. The fourth-order valence-electron chi connectivity index (χ4n) is 3.50. The molecule has 0 N–H and O–H groups in total. The third kappa shape index (κ3) is 3.55. The summed E-state index contributed by atoms with van der Waals surface area (Å²) in [6, 6.07) is 7.74. The maximum absolute atomic E-state index is 12.3. The molecule has 2 fully saturated rings. The first-order chi connectivity index (χ1) is 12.2. The van der Waals surface area contributed by atoms with Gasteiger partial charge in [0.2, 0.25) is 5.95 Å². The van der Waals surface area contributed by atoms with Gasteiger partial charge < -0.3 is 4.90 Å². The fraction of sp³-hybridized carbons (Fsp3) is 0.500. The van der Waals surface area contributed by atoms with Gasteiger partial charge in [-0.25, -0.2) is 0 Å².